The zero-order valence-electron chi connectivity index (χ0n) is 14.9. The highest BCUT2D eigenvalue weighted by molar-refractivity contribution is 6.27. The number of hydrogen-bond acceptors (Lipinski definition) is 4. The molecule has 4 rings (SSSR count). The first-order chi connectivity index (χ1) is 13.0. The molecular formula is C22H19ClN2O2. The second-order valence-electron chi connectivity index (χ2n) is 6.57. The van der Waals surface area contributed by atoms with Crippen LogP contribution in [0.1, 0.15) is 24.0 Å². The van der Waals surface area contributed by atoms with Crippen LogP contribution in [-0.4, -0.2) is 17.4 Å². The van der Waals surface area contributed by atoms with Crippen LogP contribution in [0, 0.1) is 11.3 Å². The summed E-state index contributed by atoms with van der Waals surface area (Å²) < 4.78 is 11.9. The second-order valence-corrected chi connectivity index (χ2v) is 7.17. The highest BCUT2D eigenvalue weighted by Gasteiger charge is 2.62. The van der Waals surface area contributed by atoms with Crippen molar-refractivity contribution in [2.75, 3.05) is 6.61 Å². The van der Waals surface area contributed by atoms with Gasteiger partial charge >= 0.3 is 5.91 Å². The van der Waals surface area contributed by atoms with E-state index in [9.17, 15) is 5.26 Å². The smallest absolute Gasteiger partial charge is 0.302 e. The number of nitriles is 1. The average Bonchev–Trinajstić information content (AvgIpc) is 2.70. The van der Waals surface area contributed by atoms with Gasteiger partial charge in [-0.15, -0.1) is 0 Å². The van der Waals surface area contributed by atoms with E-state index in [1.807, 2.05) is 66.7 Å². The Balaban J connectivity index is 2.06. The van der Waals surface area contributed by atoms with Crippen molar-refractivity contribution in [3.05, 3.63) is 77.9 Å². The molecule has 1 heterocycles. The van der Waals surface area contributed by atoms with E-state index in [0.717, 1.165) is 21.9 Å². The van der Waals surface area contributed by atoms with Gasteiger partial charge in [0.05, 0.1) is 12.0 Å². The van der Waals surface area contributed by atoms with Gasteiger partial charge in [-0.05, 0) is 17.9 Å². The van der Waals surface area contributed by atoms with Crippen molar-refractivity contribution in [3.63, 3.8) is 0 Å². The first-order valence-corrected chi connectivity index (χ1v) is 9.20. The van der Waals surface area contributed by atoms with Gasteiger partial charge in [0.25, 0.3) is 0 Å². The molecule has 0 amide bonds. The van der Waals surface area contributed by atoms with E-state index in [0.29, 0.717) is 5.75 Å². The fourth-order valence-corrected chi connectivity index (χ4v) is 4.13. The summed E-state index contributed by atoms with van der Waals surface area (Å²) in [6.45, 7) is 2.05. The summed E-state index contributed by atoms with van der Waals surface area (Å²) in [6.07, 6.45) is 0. The minimum absolute atomic E-state index is 0.258. The zero-order chi connectivity index (χ0) is 19.1. The van der Waals surface area contributed by atoms with Crippen molar-refractivity contribution < 1.29 is 9.47 Å². The van der Waals surface area contributed by atoms with Gasteiger partial charge in [-0.3, -0.25) is 5.73 Å². The molecule has 5 heteroatoms. The molecule has 1 aliphatic heterocycles. The highest BCUT2D eigenvalue weighted by Crippen LogP contribution is 2.54. The maximum atomic E-state index is 10.1. The maximum absolute atomic E-state index is 10.1. The Morgan fingerprint density at radius 3 is 2.52 bits per heavy atom. The fraction of sp³-hybridized carbons (Fsp3) is 0.227. The molecular weight excluding hydrogens is 360 g/mol. The molecule has 3 atom stereocenters. The van der Waals surface area contributed by atoms with E-state index in [2.05, 4.69) is 6.07 Å². The quantitative estimate of drug-likeness (QED) is 0.537. The van der Waals surface area contributed by atoms with Crippen molar-refractivity contribution in [1.82, 2.24) is 0 Å². The van der Waals surface area contributed by atoms with Gasteiger partial charge in [-0.2, -0.15) is 5.26 Å². The summed E-state index contributed by atoms with van der Waals surface area (Å²) in [5, 5.41) is 12.0. The Kier molecular flexibility index (Phi) is 4.32. The number of fused-ring (bicyclic) bond motifs is 3. The largest absolute Gasteiger partial charge is 0.445 e. The molecule has 0 aromatic heterocycles. The molecule has 0 bridgehead atoms. The SMILES string of the molecule is CCOC1(N)Oc2c(ccc3ccccc23)C(c2ccccc2)C1(Cl)C#N. The van der Waals surface area contributed by atoms with Crippen molar-refractivity contribution >= 4 is 22.4 Å². The van der Waals surface area contributed by atoms with E-state index < -0.39 is 16.7 Å². The van der Waals surface area contributed by atoms with E-state index >= 15 is 0 Å². The van der Waals surface area contributed by atoms with Gasteiger partial charge < -0.3 is 9.47 Å². The number of nitrogens with zero attached hydrogens (tertiary/aromatic N) is 1. The molecule has 27 heavy (non-hydrogen) atoms. The zero-order valence-corrected chi connectivity index (χ0v) is 15.6. The lowest BCUT2D eigenvalue weighted by Gasteiger charge is -2.47. The van der Waals surface area contributed by atoms with Crippen LogP contribution in [0.15, 0.2) is 66.7 Å². The summed E-state index contributed by atoms with van der Waals surface area (Å²) in [5.74, 6) is -1.71. The normalized spacial score (nSPS) is 26.8. The number of hydrogen-bond donors (Lipinski definition) is 1. The van der Waals surface area contributed by atoms with E-state index in [-0.39, 0.29) is 6.61 Å². The van der Waals surface area contributed by atoms with E-state index in [4.69, 9.17) is 26.8 Å². The number of ether oxygens (including phenoxy) is 2. The Bertz CT molecular complexity index is 1030. The molecule has 4 nitrogen and oxygen atoms in total. The Labute approximate surface area is 163 Å². The van der Waals surface area contributed by atoms with Crippen molar-refractivity contribution in [2.45, 2.75) is 23.6 Å². The van der Waals surface area contributed by atoms with Crippen LogP contribution >= 0.6 is 11.6 Å². The first kappa shape index (κ1) is 17.8. The van der Waals surface area contributed by atoms with Crippen LogP contribution in [0.25, 0.3) is 10.8 Å². The standard InChI is InChI=1S/C22H19ClN2O2/c1-2-26-22(25)21(23,14-24)19(16-9-4-3-5-10-16)18-13-12-15-8-6-7-11-17(15)20(18)27-22/h3-13,19H,2,25H2,1H3. The third-order valence-electron chi connectivity index (χ3n) is 5.03. The topological polar surface area (TPSA) is 68.3 Å². The van der Waals surface area contributed by atoms with Crippen LogP contribution in [0.2, 0.25) is 0 Å². The predicted molar refractivity (Wildman–Crippen MR) is 106 cm³/mol. The third kappa shape index (κ3) is 2.59. The molecule has 3 aromatic carbocycles. The van der Waals surface area contributed by atoms with E-state index in [1.165, 1.54) is 0 Å². The van der Waals surface area contributed by atoms with Crippen molar-refractivity contribution in [3.8, 4) is 11.8 Å². The highest BCUT2D eigenvalue weighted by atomic mass is 35.5. The summed E-state index contributed by atoms with van der Waals surface area (Å²) in [4.78, 5) is -1.64. The summed E-state index contributed by atoms with van der Waals surface area (Å²) in [5.41, 5.74) is 8.19. The lowest BCUT2D eigenvalue weighted by atomic mass is 9.75. The minimum Gasteiger partial charge on any atom is -0.445 e. The molecule has 3 aromatic rings. The van der Waals surface area contributed by atoms with Gasteiger partial charge in [-0.25, -0.2) is 0 Å². The van der Waals surface area contributed by atoms with Crippen LogP contribution in [-0.2, 0) is 4.74 Å². The minimum atomic E-state index is -1.80. The fourth-order valence-electron chi connectivity index (χ4n) is 3.79. The monoisotopic (exact) mass is 378 g/mol. The Morgan fingerprint density at radius 2 is 1.81 bits per heavy atom. The van der Waals surface area contributed by atoms with Crippen LogP contribution in [0.5, 0.6) is 5.75 Å². The molecule has 1 aliphatic rings. The molecule has 0 saturated carbocycles. The van der Waals surface area contributed by atoms with Crippen LogP contribution in [0.3, 0.4) is 0 Å². The number of halogens is 1. The first-order valence-electron chi connectivity index (χ1n) is 8.82. The third-order valence-corrected chi connectivity index (χ3v) is 5.60. The molecule has 0 radical (unpaired) electrons. The van der Waals surface area contributed by atoms with Crippen molar-refractivity contribution in [1.29, 1.82) is 5.26 Å². The number of benzene rings is 3. The predicted octanol–water partition coefficient (Wildman–Crippen LogP) is 4.51. The lowest BCUT2D eigenvalue weighted by molar-refractivity contribution is -0.199. The average molecular weight is 379 g/mol. The van der Waals surface area contributed by atoms with Gasteiger partial charge in [0.2, 0.25) is 4.87 Å². The summed E-state index contributed by atoms with van der Waals surface area (Å²) in [6, 6.07) is 23.7. The van der Waals surface area contributed by atoms with Crippen LogP contribution in [0.4, 0.5) is 0 Å². The van der Waals surface area contributed by atoms with Gasteiger partial charge in [-0.1, -0.05) is 78.3 Å². The molecule has 0 saturated heterocycles. The lowest BCUT2D eigenvalue weighted by Crippen LogP contribution is -2.67. The van der Waals surface area contributed by atoms with Gasteiger partial charge in [0.15, 0.2) is 0 Å². The van der Waals surface area contributed by atoms with Gasteiger partial charge in [0.1, 0.15) is 5.75 Å². The maximum Gasteiger partial charge on any atom is 0.302 e. The molecule has 3 unspecified atom stereocenters. The second kappa shape index (κ2) is 6.54. The summed E-state index contributed by atoms with van der Waals surface area (Å²) >= 11 is 6.89. The van der Waals surface area contributed by atoms with E-state index in [1.54, 1.807) is 6.92 Å². The molecule has 2 N–H and O–H groups in total. The summed E-state index contributed by atoms with van der Waals surface area (Å²) in [7, 11) is 0. The van der Waals surface area contributed by atoms with Crippen molar-refractivity contribution in [2.24, 2.45) is 5.73 Å². The molecule has 0 spiro atoms. The number of rotatable bonds is 3. The van der Waals surface area contributed by atoms with Gasteiger partial charge in [0, 0.05) is 17.6 Å². The van der Waals surface area contributed by atoms with Crippen LogP contribution < -0.4 is 10.5 Å². The molecule has 0 aliphatic carbocycles. The molecule has 0 fully saturated rings. The Hall–Kier alpha value is -2.58. The molecule has 136 valence electrons. The Morgan fingerprint density at radius 1 is 1.11 bits per heavy atom. The number of nitrogens with two attached hydrogens (primary N) is 1. The number of alkyl halides is 1.